The third kappa shape index (κ3) is 6.64. The largest absolute Gasteiger partial charge is 0.493 e. The highest BCUT2D eigenvalue weighted by Crippen LogP contribution is 2.45. The average Bonchev–Trinajstić information content (AvgIpc) is 2.86. The second-order valence-corrected chi connectivity index (χ2v) is 14.1. The zero-order chi connectivity index (χ0) is 29.1. The van der Waals surface area contributed by atoms with Gasteiger partial charge in [-0.25, -0.2) is 0 Å². The number of carbonyl (C=O) groups excluding carboxylic acids is 1. The van der Waals surface area contributed by atoms with Gasteiger partial charge in [-0.3, -0.25) is 4.79 Å². The predicted octanol–water partition coefficient (Wildman–Crippen LogP) is 6.66. The molecule has 4 nitrogen and oxygen atoms in total. The topological polar surface area (TPSA) is 44.8 Å². The van der Waals surface area contributed by atoms with Crippen LogP contribution in [0.4, 0.5) is 26.3 Å². The predicted molar refractivity (Wildman–Crippen MR) is 136 cm³/mol. The number of ketones is 1. The molecule has 0 bridgehead atoms. The van der Waals surface area contributed by atoms with Gasteiger partial charge in [-0.15, -0.1) is 0 Å². The first-order chi connectivity index (χ1) is 18.1. The van der Waals surface area contributed by atoms with E-state index in [1.807, 2.05) is 0 Å². The summed E-state index contributed by atoms with van der Waals surface area (Å²) in [4.78, 5) is 12.3. The molecule has 0 aliphatic heterocycles. The summed E-state index contributed by atoms with van der Waals surface area (Å²) in [5.41, 5.74) is -0.234. The molecule has 0 amide bonds. The van der Waals surface area contributed by atoms with Crippen LogP contribution < -0.4 is 5.19 Å². The lowest BCUT2D eigenvalue weighted by Crippen LogP contribution is -2.65. The van der Waals surface area contributed by atoms with Crippen molar-refractivity contribution in [2.75, 3.05) is 13.7 Å². The summed E-state index contributed by atoms with van der Waals surface area (Å²) in [6.07, 6.45) is -10.8. The second-order valence-electron chi connectivity index (χ2n) is 10.2. The van der Waals surface area contributed by atoms with Crippen molar-refractivity contribution in [1.82, 2.24) is 0 Å². The van der Waals surface area contributed by atoms with Gasteiger partial charge in [-0.2, -0.15) is 26.3 Å². The fourth-order valence-corrected chi connectivity index (χ4v) is 8.21. The highest BCUT2D eigenvalue weighted by atomic mass is 28.4. The van der Waals surface area contributed by atoms with Crippen molar-refractivity contribution >= 4 is 19.5 Å². The molecular formula is C28H30F6O4Si. The molecule has 1 aliphatic rings. The van der Waals surface area contributed by atoms with Crippen molar-refractivity contribution < 1.29 is 44.7 Å². The summed E-state index contributed by atoms with van der Waals surface area (Å²) in [7, 11) is -3.16. The molecule has 0 radical (unpaired) electrons. The number of halogens is 6. The summed E-state index contributed by atoms with van der Waals surface area (Å²) >= 11 is 0. The highest BCUT2D eigenvalue weighted by Gasteiger charge is 2.64. The molecule has 212 valence electrons. The van der Waals surface area contributed by atoms with E-state index < -0.39 is 37.5 Å². The highest BCUT2D eigenvalue weighted by molar-refractivity contribution is 6.83. The minimum atomic E-state index is -5.71. The zero-order valence-electron chi connectivity index (χ0n) is 21.9. The number of methoxy groups -OCH3 is 1. The normalized spacial score (nSPS) is 20.1. The Labute approximate surface area is 224 Å². The SMILES string of the molecule is COC1=CC(CCO[Si](OC(C(F)(F)F)C(F)(F)F)(c2ccccc2)C(C)(C)C)(c2ccccc2)C=CC1=O. The van der Waals surface area contributed by atoms with Crippen LogP contribution in [0.25, 0.3) is 0 Å². The van der Waals surface area contributed by atoms with Gasteiger partial charge in [0.15, 0.2) is 5.76 Å². The summed E-state index contributed by atoms with van der Waals surface area (Å²) in [6, 6.07) is 16.4. The van der Waals surface area contributed by atoms with Gasteiger partial charge in [0.1, 0.15) is 0 Å². The maximum absolute atomic E-state index is 13.7. The Balaban J connectivity index is 2.09. The fraction of sp³-hybridized carbons (Fsp3) is 0.393. The number of carbonyl (C=O) groups is 1. The minimum absolute atomic E-state index is 0.0641. The molecule has 39 heavy (non-hydrogen) atoms. The summed E-state index contributed by atoms with van der Waals surface area (Å²) in [5, 5.41) is -1.12. The smallest absolute Gasteiger partial charge is 0.422 e. The van der Waals surface area contributed by atoms with E-state index in [-0.39, 0.29) is 29.8 Å². The summed E-state index contributed by atoms with van der Waals surface area (Å²) < 4.78 is 98.9. The van der Waals surface area contributed by atoms with Crippen LogP contribution in [0.5, 0.6) is 0 Å². The minimum Gasteiger partial charge on any atom is -0.493 e. The molecule has 0 N–H and O–H groups in total. The van der Waals surface area contributed by atoms with Gasteiger partial charge in [0.2, 0.25) is 11.9 Å². The van der Waals surface area contributed by atoms with Crippen LogP contribution in [0.1, 0.15) is 32.8 Å². The number of ether oxygens (including phenoxy) is 1. The maximum Gasteiger partial charge on any atom is 0.422 e. The van der Waals surface area contributed by atoms with Crippen molar-refractivity contribution in [3.8, 4) is 0 Å². The van der Waals surface area contributed by atoms with Crippen molar-refractivity contribution in [2.45, 2.75) is 56.1 Å². The second kappa shape index (κ2) is 11.3. The van der Waals surface area contributed by atoms with Gasteiger partial charge in [-0.05, 0) is 29.3 Å². The number of alkyl halides is 6. The molecule has 11 heteroatoms. The number of hydrogen-bond acceptors (Lipinski definition) is 4. The molecule has 0 heterocycles. The van der Waals surface area contributed by atoms with E-state index in [0.717, 1.165) is 5.56 Å². The summed E-state index contributed by atoms with van der Waals surface area (Å²) in [5.74, 6) is -0.302. The lowest BCUT2D eigenvalue weighted by atomic mass is 9.74. The monoisotopic (exact) mass is 572 g/mol. The van der Waals surface area contributed by atoms with Crippen molar-refractivity contribution in [3.63, 3.8) is 0 Å². The van der Waals surface area contributed by atoms with E-state index in [1.54, 1.807) is 48.6 Å². The van der Waals surface area contributed by atoms with Crippen molar-refractivity contribution in [3.05, 3.63) is 90.2 Å². The molecule has 1 aliphatic carbocycles. The van der Waals surface area contributed by atoms with Crippen LogP contribution in [0.3, 0.4) is 0 Å². The number of allylic oxidation sites excluding steroid dienone is 3. The van der Waals surface area contributed by atoms with E-state index >= 15 is 0 Å². The number of rotatable bonds is 9. The van der Waals surface area contributed by atoms with E-state index in [2.05, 4.69) is 0 Å². The van der Waals surface area contributed by atoms with Gasteiger partial charge < -0.3 is 13.6 Å². The Morgan fingerprint density at radius 1 is 0.872 bits per heavy atom. The Morgan fingerprint density at radius 2 is 1.41 bits per heavy atom. The van der Waals surface area contributed by atoms with E-state index in [4.69, 9.17) is 13.6 Å². The Morgan fingerprint density at radius 3 is 1.90 bits per heavy atom. The Bertz CT molecular complexity index is 1170. The molecule has 0 saturated carbocycles. The maximum atomic E-state index is 13.7. The molecule has 2 unspecified atom stereocenters. The molecular weight excluding hydrogens is 542 g/mol. The molecule has 3 rings (SSSR count). The lowest BCUT2D eigenvalue weighted by molar-refractivity contribution is -0.305. The van der Waals surface area contributed by atoms with Crippen molar-refractivity contribution in [2.24, 2.45) is 0 Å². The summed E-state index contributed by atoms with van der Waals surface area (Å²) in [6.45, 7) is 4.24. The van der Waals surface area contributed by atoms with Crippen molar-refractivity contribution in [1.29, 1.82) is 0 Å². The van der Waals surface area contributed by atoms with Gasteiger partial charge >= 0.3 is 20.9 Å². The van der Waals surface area contributed by atoms with E-state index in [1.165, 1.54) is 58.2 Å². The molecule has 2 aromatic carbocycles. The van der Waals surface area contributed by atoms with Gasteiger partial charge in [0, 0.05) is 17.1 Å². The molecule has 2 aromatic rings. The third-order valence-corrected chi connectivity index (χ3v) is 10.8. The first-order valence-electron chi connectivity index (χ1n) is 12.1. The fourth-order valence-electron chi connectivity index (χ4n) is 4.57. The molecule has 0 saturated heterocycles. The molecule has 0 spiro atoms. The number of hydrogen-bond donors (Lipinski definition) is 0. The van der Waals surface area contributed by atoms with Gasteiger partial charge in [0.05, 0.1) is 7.11 Å². The van der Waals surface area contributed by atoms with Crippen LogP contribution in [0.15, 0.2) is 84.7 Å². The van der Waals surface area contributed by atoms with Crippen LogP contribution in [0.2, 0.25) is 5.04 Å². The Kier molecular flexibility index (Phi) is 8.88. The molecule has 2 atom stereocenters. The third-order valence-electron chi connectivity index (χ3n) is 6.54. The van der Waals surface area contributed by atoms with E-state index in [9.17, 15) is 31.1 Å². The van der Waals surface area contributed by atoms with Crippen LogP contribution >= 0.6 is 0 Å². The molecule has 0 aromatic heterocycles. The zero-order valence-corrected chi connectivity index (χ0v) is 22.9. The standard InChI is InChI=1S/C28H30F6O4Si/c1-25(2,3)39(21-13-9-6-10-14-21,38-24(27(29,30)31)28(32,33)34)37-18-17-26(20-11-7-5-8-12-20)16-15-22(35)23(19-26)36-4/h5-16,19,24H,17-18H2,1-4H3. The van der Waals surface area contributed by atoms with Gasteiger partial charge in [0.25, 0.3) is 0 Å². The quantitative estimate of drug-likeness (QED) is 0.249. The lowest BCUT2D eigenvalue weighted by Gasteiger charge is -2.44. The van der Waals surface area contributed by atoms with Crippen LogP contribution in [0, 0.1) is 0 Å². The van der Waals surface area contributed by atoms with Crippen LogP contribution in [-0.2, 0) is 23.8 Å². The van der Waals surface area contributed by atoms with Gasteiger partial charge in [-0.1, -0.05) is 87.5 Å². The van der Waals surface area contributed by atoms with E-state index in [0.29, 0.717) is 0 Å². The Hall–Kier alpha value is -2.89. The first kappa shape index (κ1) is 30.6. The number of benzene rings is 2. The molecule has 0 fully saturated rings. The first-order valence-corrected chi connectivity index (χ1v) is 13.9. The van der Waals surface area contributed by atoms with Crippen LogP contribution in [-0.4, -0.2) is 46.5 Å². The average molecular weight is 573 g/mol.